The highest BCUT2D eigenvalue weighted by Crippen LogP contribution is 2.47. The van der Waals surface area contributed by atoms with Crippen LogP contribution in [0.2, 0.25) is 0 Å². The SMILES string of the molecule is Cc1ccc2c(c1)c1c3n2CCN(CCCCN2C(=O)CC4(CCCC4)CC2=O)[C@@H]3CCC1. The van der Waals surface area contributed by atoms with Gasteiger partial charge in [-0.3, -0.25) is 19.4 Å². The minimum absolute atomic E-state index is 0.00809. The number of carbonyl (C=O) groups is 2. The first-order valence-electron chi connectivity index (χ1n) is 13.2. The van der Waals surface area contributed by atoms with E-state index in [1.54, 1.807) is 16.2 Å². The summed E-state index contributed by atoms with van der Waals surface area (Å²) in [6.45, 7) is 6.03. The number of fused-ring (bicyclic) bond motifs is 3. The average molecular weight is 448 g/mol. The van der Waals surface area contributed by atoms with Gasteiger partial charge in [-0.25, -0.2) is 0 Å². The van der Waals surface area contributed by atoms with Crippen LogP contribution in [-0.2, 0) is 22.6 Å². The quantitative estimate of drug-likeness (QED) is 0.471. The van der Waals surface area contributed by atoms with Crippen LogP contribution < -0.4 is 0 Å². The van der Waals surface area contributed by atoms with Gasteiger partial charge < -0.3 is 4.57 Å². The summed E-state index contributed by atoms with van der Waals surface area (Å²) in [5.41, 5.74) is 5.92. The molecule has 1 aromatic heterocycles. The van der Waals surface area contributed by atoms with Gasteiger partial charge in [-0.05, 0) is 81.5 Å². The van der Waals surface area contributed by atoms with Crippen LogP contribution in [0.15, 0.2) is 18.2 Å². The van der Waals surface area contributed by atoms with Gasteiger partial charge in [-0.2, -0.15) is 0 Å². The molecule has 1 atom stereocenters. The Morgan fingerprint density at radius 2 is 1.73 bits per heavy atom. The Hall–Kier alpha value is -2.14. The van der Waals surface area contributed by atoms with Crippen molar-refractivity contribution in [1.29, 1.82) is 0 Å². The second-order valence-corrected chi connectivity index (χ2v) is 11.2. The van der Waals surface area contributed by atoms with Crippen LogP contribution in [0.5, 0.6) is 0 Å². The van der Waals surface area contributed by atoms with Crippen LogP contribution in [-0.4, -0.2) is 45.8 Å². The van der Waals surface area contributed by atoms with Crippen molar-refractivity contribution in [3.8, 4) is 0 Å². The number of nitrogens with zero attached hydrogens (tertiary/aromatic N) is 3. The highest BCUT2D eigenvalue weighted by molar-refractivity contribution is 5.98. The van der Waals surface area contributed by atoms with Gasteiger partial charge >= 0.3 is 0 Å². The second-order valence-electron chi connectivity index (χ2n) is 11.2. The summed E-state index contributed by atoms with van der Waals surface area (Å²) in [4.78, 5) is 29.7. The van der Waals surface area contributed by atoms with Gasteiger partial charge in [0.2, 0.25) is 11.8 Å². The molecular weight excluding hydrogens is 410 g/mol. The smallest absolute Gasteiger partial charge is 0.229 e. The number of piperidine rings is 1. The van der Waals surface area contributed by atoms with Crippen molar-refractivity contribution in [3.05, 3.63) is 35.0 Å². The molecular formula is C28H37N3O2. The van der Waals surface area contributed by atoms with E-state index in [0.717, 1.165) is 45.3 Å². The molecule has 6 rings (SSSR count). The fourth-order valence-corrected chi connectivity index (χ4v) is 7.41. The molecule has 0 unspecified atom stereocenters. The molecule has 1 spiro atoms. The Kier molecular flexibility index (Phi) is 5.36. The summed E-state index contributed by atoms with van der Waals surface area (Å²) in [5.74, 6) is 0.172. The third kappa shape index (κ3) is 3.63. The molecule has 33 heavy (non-hydrogen) atoms. The minimum Gasteiger partial charge on any atom is -0.342 e. The zero-order valence-electron chi connectivity index (χ0n) is 20.1. The van der Waals surface area contributed by atoms with Crippen LogP contribution in [0, 0.1) is 12.3 Å². The number of rotatable bonds is 5. The molecule has 2 fully saturated rings. The van der Waals surface area contributed by atoms with Crippen LogP contribution in [0.25, 0.3) is 10.9 Å². The van der Waals surface area contributed by atoms with Crippen molar-refractivity contribution in [2.45, 2.75) is 90.1 Å². The van der Waals surface area contributed by atoms with Crippen molar-refractivity contribution in [2.24, 2.45) is 5.41 Å². The Morgan fingerprint density at radius 1 is 0.970 bits per heavy atom. The fourth-order valence-electron chi connectivity index (χ4n) is 7.41. The molecule has 1 aromatic carbocycles. The Morgan fingerprint density at radius 3 is 2.52 bits per heavy atom. The molecule has 4 aliphatic rings. The summed E-state index contributed by atoms with van der Waals surface area (Å²) in [6.07, 6.45) is 11.4. The van der Waals surface area contributed by atoms with E-state index < -0.39 is 0 Å². The highest BCUT2D eigenvalue weighted by Gasteiger charge is 2.44. The number of amides is 2. The van der Waals surface area contributed by atoms with Crippen LogP contribution in [0.1, 0.15) is 87.1 Å². The largest absolute Gasteiger partial charge is 0.342 e. The molecule has 2 aliphatic carbocycles. The average Bonchev–Trinajstić information content (AvgIpc) is 3.37. The molecule has 5 nitrogen and oxygen atoms in total. The van der Waals surface area contributed by atoms with Gasteiger partial charge in [0, 0.05) is 49.1 Å². The number of carbonyl (C=O) groups excluding carboxylic acids is 2. The molecule has 176 valence electrons. The van der Waals surface area contributed by atoms with Crippen LogP contribution in [0.4, 0.5) is 0 Å². The minimum atomic E-state index is 0.00809. The van der Waals surface area contributed by atoms with Gasteiger partial charge in [0.25, 0.3) is 0 Å². The zero-order chi connectivity index (χ0) is 22.6. The third-order valence-corrected chi connectivity index (χ3v) is 9.04. The van der Waals surface area contributed by atoms with Gasteiger partial charge in [0.15, 0.2) is 0 Å². The van der Waals surface area contributed by atoms with Crippen molar-refractivity contribution in [2.75, 3.05) is 19.6 Å². The number of aromatic nitrogens is 1. The molecule has 0 bridgehead atoms. The van der Waals surface area contributed by atoms with Gasteiger partial charge in [0.1, 0.15) is 0 Å². The van der Waals surface area contributed by atoms with Crippen molar-refractivity contribution < 1.29 is 9.59 Å². The molecule has 2 aliphatic heterocycles. The lowest BCUT2D eigenvalue weighted by Gasteiger charge is -2.40. The first-order chi connectivity index (χ1) is 16.0. The highest BCUT2D eigenvalue weighted by atomic mass is 16.2. The zero-order valence-corrected chi connectivity index (χ0v) is 20.1. The Bertz CT molecular complexity index is 1070. The summed E-state index contributed by atoms with van der Waals surface area (Å²) >= 11 is 0. The predicted molar refractivity (Wildman–Crippen MR) is 130 cm³/mol. The molecule has 1 saturated heterocycles. The number of unbranched alkanes of at least 4 members (excludes halogenated alkanes) is 1. The Labute approximate surface area is 197 Å². The van der Waals surface area contributed by atoms with Gasteiger partial charge in [-0.15, -0.1) is 0 Å². The maximum Gasteiger partial charge on any atom is 0.229 e. The summed E-state index contributed by atoms with van der Waals surface area (Å²) in [7, 11) is 0. The van der Waals surface area contributed by atoms with E-state index in [9.17, 15) is 9.59 Å². The topological polar surface area (TPSA) is 45.5 Å². The molecule has 0 N–H and O–H groups in total. The van der Waals surface area contributed by atoms with Crippen LogP contribution >= 0.6 is 0 Å². The predicted octanol–water partition coefficient (Wildman–Crippen LogP) is 5.13. The summed E-state index contributed by atoms with van der Waals surface area (Å²) in [6, 6.07) is 7.47. The third-order valence-electron chi connectivity index (χ3n) is 9.04. The van der Waals surface area contributed by atoms with Gasteiger partial charge in [0.05, 0.1) is 6.04 Å². The van der Waals surface area contributed by atoms with E-state index in [1.165, 1.54) is 48.6 Å². The van der Waals surface area contributed by atoms with Gasteiger partial charge in [-0.1, -0.05) is 24.5 Å². The second kappa shape index (κ2) is 8.26. The maximum atomic E-state index is 12.7. The molecule has 1 saturated carbocycles. The normalized spacial score (nSPS) is 24.8. The number of aryl methyl sites for hydroxylation is 2. The van der Waals surface area contributed by atoms with Crippen molar-refractivity contribution in [1.82, 2.24) is 14.4 Å². The molecule has 3 heterocycles. The first-order valence-corrected chi connectivity index (χ1v) is 13.2. The number of imide groups is 1. The van der Waals surface area contributed by atoms with E-state index in [2.05, 4.69) is 34.6 Å². The summed E-state index contributed by atoms with van der Waals surface area (Å²) in [5, 5.41) is 1.47. The number of hydrogen-bond donors (Lipinski definition) is 0. The van der Waals surface area contributed by atoms with E-state index >= 15 is 0 Å². The lowest BCUT2D eigenvalue weighted by atomic mass is 9.76. The van der Waals surface area contributed by atoms with Crippen molar-refractivity contribution in [3.63, 3.8) is 0 Å². The first kappa shape index (κ1) is 21.4. The molecule has 5 heteroatoms. The number of likely N-dealkylation sites (tertiary alicyclic amines) is 1. The van der Waals surface area contributed by atoms with Crippen LogP contribution in [0.3, 0.4) is 0 Å². The monoisotopic (exact) mass is 447 g/mol. The van der Waals surface area contributed by atoms with E-state index in [4.69, 9.17) is 0 Å². The van der Waals surface area contributed by atoms with E-state index in [0.29, 0.717) is 25.4 Å². The fraction of sp³-hybridized carbons (Fsp3) is 0.643. The number of hydrogen-bond acceptors (Lipinski definition) is 3. The number of benzene rings is 1. The van der Waals surface area contributed by atoms with E-state index in [-0.39, 0.29) is 17.2 Å². The maximum absolute atomic E-state index is 12.7. The standard InChI is InChI=1S/C28H37N3O2/c1-20-9-10-23-22(17-20)21-7-6-8-24-27(21)30(23)16-15-29(24)13-4-5-14-31-25(32)18-28(19-26(31)33)11-2-3-12-28/h9-10,17,24H,2-8,11-16,18-19H2,1H3/t24-/m1/s1. The lowest BCUT2D eigenvalue weighted by Crippen LogP contribution is -2.47. The Balaban J connectivity index is 1.09. The van der Waals surface area contributed by atoms with Crippen molar-refractivity contribution >= 4 is 22.7 Å². The molecule has 0 radical (unpaired) electrons. The lowest BCUT2D eigenvalue weighted by molar-refractivity contribution is -0.153. The molecule has 2 aromatic rings. The molecule has 2 amide bonds. The van der Waals surface area contributed by atoms with E-state index in [1.807, 2.05) is 0 Å². The summed E-state index contributed by atoms with van der Waals surface area (Å²) < 4.78 is 2.59.